The average molecular weight is 465 g/mol. The van der Waals surface area contributed by atoms with Crippen LogP contribution in [0.3, 0.4) is 0 Å². The Morgan fingerprint density at radius 1 is 1.09 bits per heavy atom. The summed E-state index contributed by atoms with van der Waals surface area (Å²) < 4.78 is 20.7. The van der Waals surface area contributed by atoms with Gasteiger partial charge in [0.1, 0.15) is 6.79 Å². The van der Waals surface area contributed by atoms with E-state index in [4.69, 9.17) is 18.9 Å². The summed E-state index contributed by atoms with van der Waals surface area (Å²) in [6.45, 7) is 8.86. The normalized spacial score (nSPS) is 15.8. The molecule has 2 N–H and O–H groups in total. The summed E-state index contributed by atoms with van der Waals surface area (Å²) in [6, 6.07) is 7.68. The van der Waals surface area contributed by atoms with Crippen molar-refractivity contribution in [1.82, 2.24) is 5.32 Å². The minimum absolute atomic E-state index is 0.0394. The van der Waals surface area contributed by atoms with Gasteiger partial charge in [-0.05, 0) is 36.7 Å². The second-order valence-electron chi connectivity index (χ2n) is 8.63. The predicted molar refractivity (Wildman–Crippen MR) is 123 cm³/mol. The topological polar surface area (TPSA) is 112 Å². The molecule has 0 aromatic heterocycles. The van der Waals surface area contributed by atoms with E-state index in [1.807, 2.05) is 0 Å². The van der Waals surface area contributed by atoms with Gasteiger partial charge in [0.05, 0.1) is 26.4 Å². The molecule has 9 nitrogen and oxygen atoms in total. The Kier molecular flexibility index (Phi) is 9.42. The number of rotatable bonds is 9. The first kappa shape index (κ1) is 25.6. The standard InChI is InChI=1S/C22H32N2O7Si/c1-5-30-19(25)11-8-17-6-9-18(10-7-17)23-20(26)22(14-28-16-29-15-22)24-21(27)31-12-13-32(2,3)4/h6-11H,5,12-16H2,1-4H3,(H,23,26)(H,24,27). The number of alkyl carbamates (subject to hydrolysis) is 1. The molecule has 1 fully saturated rings. The average Bonchev–Trinajstić information content (AvgIpc) is 2.73. The summed E-state index contributed by atoms with van der Waals surface area (Å²) in [5.74, 6) is -0.902. The minimum Gasteiger partial charge on any atom is -0.463 e. The third-order valence-corrected chi connectivity index (χ3v) is 6.30. The van der Waals surface area contributed by atoms with E-state index < -0.39 is 31.6 Å². The third kappa shape index (κ3) is 8.44. The summed E-state index contributed by atoms with van der Waals surface area (Å²) >= 11 is 0. The highest BCUT2D eigenvalue weighted by Crippen LogP contribution is 2.18. The number of hydrogen-bond donors (Lipinski definition) is 2. The van der Waals surface area contributed by atoms with Crippen LogP contribution in [0.25, 0.3) is 6.08 Å². The van der Waals surface area contributed by atoms with E-state index >= 15 is 0 Å². The van der Waals surface area contributed by atoms with Crippen LogP contribution < -0.4 is 10.6 Å². The molecule has 0 aliphatic carbocycles. The van der Waals surface area contributed by atoms with Crippen LogP contribution in [0, 0.1) is 0 Å². The van der Waals surface area contributed by atoms with Gasteiger partial charge in [-0.1, -0.05) is 31.8 Å². The van der Waals surface area contributed by atoms with Gasteiger partial charge in [-0.15, -0.1) is 0 Å². The molecule has 32 heavy (non-hydrogen) atoms. The van der Waals surface area contributed by atoms with Gasteiger partial charge >= 0.3 is 12.1 Å². The molecule has 0 atom stereocenters. The lowest BCUT2D eigenvalue weighted by Gasteiger charge is -2.35. The smallest absolute Gasteiger partial charge is 0.408 e. The minimum atomic E-state index is -1.41. The van der Waals surface area contributed by atoms with Crippen LogP contribution in [0.4, 0.5) is 10.5 Å². The first-order chi connectivity index (χ1) is 15.1. The van der Waals surface area contributed by atoms with Crippen LogP contribution >= 0.6 is 0 Å². The van der Waals surface area contributed by atoms with Crippen molar-refractivity contribution in [2.24, 2.45) is 0 Å². The van der Waals surface area contributed by atoms with E-state index in [1.54, 1.807) is 37.3 Å². The largest absolute Gasteiger partial charge is 0.463 e. The molecule has 1 aromatic rings. The second kappa shape index (κ2) is 11.8. The zero-order chi connectivity index (χ0) is 23.6. The van der Waals surface area contributed by atoms with Crippen LogP contribution in [0.1, 0.15) is 12.5 Å². The number of hydrogen-bond acceptors (Lipinski definition) is 7. The Balaban J connectivity index is 2.00. The first-order valence-corrected chi connectivity index (χ1v) is 14.2. The van der Waals surface area contributed by atoms with Gasteiger partial charge in [-0.3, -0.25) is 4.79 Å². The van der Waals surface area contributed by atoms with Gasteiger partial charge in [0.2, 0.25) is 0 Å². The maximum atomic E-state index is 13.0. The molecule has 1 heterocycles. The van der Waals surface area contributed by atoms with Crippen molar-refractivity contribution in [3.05, 3.63) is 35.9 Å². The van der Waals surface area contributed by atoms with Crippen LogP contribution in [-0.4, -0.2) is 64.8 Å². The molecule has 1 aliphatic rings. The second-order valence-corrected chi connectivity index (χ2v) is 14.3. The van der Waals surface area contributed by atoms with Gasteiger partial charge in [-0.25, -0.2) is 9.59 Å². The number of amides is 2. The maximum absolute atomic E-state index is 13.0. The first-order valence-electron chi connectivity index (χ1n) is 10.5. The van der Waals surface area contributed by atoms with Gasteiger partial charge < -0.3 is 29.6 Å². The van der Waals surface area contributed by atoms with Crippen molar-refractivity contribution in [1.29, 1.82) is 0 Å². The highest BCUT2D eigenvalue weighted by atomic mass is 28.3. The van der Waals surface area contributed by atoms with Crippen molar-refractivity contribution >= 4 is 37.8 Å². The molecule has 10 heteroatoms. The summed E-state index contributed by atoms with van der Waals surface area (Å²) in [5.41, 5.74) is -0.127. The van der Waals surface area contributed by atoms with Crippen LogP contribution in [0.2, 0.25) is 25.7 Å². The number of anilines is 1. The van der Waals surface area contributed by atoms with Gasteiger partial charge in [-0.2, -0.15) is 0 Å². The molecule has 0 radical (unpaired) electrons. The van der Waals surface area contributed by atoms with E-state index in [2.05, 4.69) is 30.3 Å². The van der Waals surface area contributed by atoms with Crippen molar-refractivity contribution in [3.63, 3.8) is 0 Å². The molecule has 0 spiro atoms. The van der Waals surface area contributed by atoms with Crippen LogP contribution in [-0.2, 0) is 28.5 Å². The van der Waals surface area contributed by atoms with E-state index in [0.717, 1.165) is 11.6 Å². The highest BCUT2D eigenvalue weighted by molar-refractivity contribution is 6.76. The molecule has 2 amide bonds. The molecule has 176 valence electrons. The van der Waals surface area contributed by atoms with Crippen molar-refractivity contribution in [3.8, 4) is 0 Å². The monoisotopic (exact) mass is 464 g/mol. The fraction of sp³-hybridized carbons (Fsp3) is 0.500. The van der Waals surface area contributed by atoms with Crippen molar-refractivity contribution in [2.75, 3.05) is 38.5 Å². The number of ether oxygens (including phenoxy) is 4. The van der Waals surface area contributed by atoms with Gasteiger partial charge in [0, 0.05) is 19.8 Å². The SMILES string of the molecule is CCOC(=O)C=Cc1ccc(NC(=O)C2(NC(=O)OCC[Si](C)(C)C)COCOC2)cc1. The Hall–Kier alpha value is -2.69. The van der Waals surface area contributed by atoms with Crippen molar-refractivity contribution in [2.45, 2.75) is 38.1 Å². The maximum Gasteiger partial charge on any atom is 0.408 e. The van der Waals surface area contributed by atoms with Gasteiger partial charge in [0.15, 0.2) is 5.54 Å². The van der Waals surface area contributed by atoms with E-state index in [9.17, 15) is 14.4 Å². The third-order valence-electron chi connectivity index (χ3n) is 4.59. The van der Waals surface area contributed by atoms with Crippen LogP contribution in [0.5, 0.6) is 0 Å². The fourth-order valence-corrected chi connectivity index (χ4v) is 3.47. The van der Waals surface area contributed by atoms with E-state index in [-0.39, 0.29) is 20.0 Å². The lowest BCUT2D eigenvalue weighted by Crippen LogP contribution is -2.64. The molecule has 0 saturated carbocycles. The zero-order valence-electron chi connectivity index (χ0n) is 19.1. The lowest BCUT2D eigenvalue weighted by molar-refractivity contribution is -0.158. The van der Waals surface area contributed by atoms with Crippen molar-refractivity contribution < 1.29 is 33.3 Å². The Bertz CT molecular complexity index is 813. The molecule has 1 aromatic carbocycles. The van der Waals surface area contributed by atoms with Crippen LogP contribution in [0.15, 0.2) is 30.3 Å². The summed E-state index contributed by atoms with van der Waals surface area (Å²) in [5, 5.41) is 5.40. The molecule has 2 rings (SSSR count). The predicted octanol–water partition coefficient (Wildman–Crippen LogP) is 3.01. The fourth-order valence-electron chi connectivity index (χ4n) is 2.76. The molecule has 0 bridgehead atoms. The Labute approximate surface area is 189 Å². The zero-order valence-corrected chi connectivity index (χ0v) is 20.1. The Morgan fingerprint density at radius 2 is 1.75 bits per heavy atom. The Morgan fingerprint density at radius 3 is 2.34 bits per heavy atom. The summed E-state index contributed by atoms with van der Waals surface area (Å²) in [4.78, 5) is 36.8. The molecule has 1 saturated heterocycles. The highest BCUT2D eigenvalue weighted by Gasteiger charge is 2.43. The molecular weight excluding hydrogens is 432 g/mol. The summed E-state index contributed by atoms with van der Waals surface area (Å²) in [6.07, 6.45) is 2.26. The summed E-state index contributed by atoms with van der Waals surface area (Å²) in [7, 11) is -1.35. The molecule has 0 unspecified atom stereocenters. The lowest BCUT2D eigenvalue weighted by atomic mass is 10.00. The number of esters is 1. The van der Waals surface area contributed by atoms with Gasteiger partial charge in [0.25, 0.3) is 5.91 Å². The molecule has 1 aliphatic heterocycles. The number of nitrogens with one attached hydrogen (secondary N) is 2. The molecular formula is C22H32N2O7Si. The number of benzene rings is 1. The number of carbonyl (C=O) groups is 3. The van der Waals surface area contributed by atoms with E-state index in [1.165, 1.54) is 6.08 Å². The number of carbonyl (C=O) groups excluding carboxylic acids is 3. The quantitative estimate of drug-likeness (QED) is 0.328. The van der Waals surface area contributed by atoms with E-state index in [0.29, 0.717) is 18.9 Å².